The fourth-order valence-corrected chi connectivity index (χ4v) is 6.46. The Morgan fingerprint density at radius 2 is 1.97 bits per heavy atom. The molecule has 9 heteroatoms. The van der Waals surface area contributed by atoms with Crippen LogP contribution in [0.2, 0.25) is 0 Å². The van der Waals surface area contributed by atoms with Gasteiger partial charge in [0, 0.05) is 31.2 Å². The van der Waals surface area contributed by atoms with Crippen LogP contribution in [-0.2, 0) is 16.0 Å². The van der Waals surface area contributed by atoms with Crippen LogP contribution in [0.25, 0.3) is 10.9 Å². The number of pyridine rings is 1. The first kappa shape index (κ1) is 27.1. The number of hydrogen-bond acceptors (Lipinski definition) is 6. The predicted octanol–water partition coefficient (Wildman–Crippen LogP) is 4.42. The smallest absolute Gasteiger partial charge is 0.313 e. The van der Waals surface area contributed by atoms with Crippen molar-refractivity contribution < 1.29 is 9.59 Å². The molecular weight excluding hydrogens is 490 g/mol. The number of nitrogens with two attached hydrogens (primary N) is 1. The number of aryl methyl sites for hydroxylation is 1. The van der Waals surface area contributed by atoms with Crippen molar-refractivity contribution in [3.8, 4) is 0 Å². The quantitative estimate of drug-likeness (QED) is 0.483. The molecule has 2 aromatic heterocycles. The molecule has 0 radical (unpaired) electrons. The van der Waals surface area contributed by atoms with E-state index in [1.807, 2.05) is 6.92 Å². The molecule has 0 spiro atoms. The van der Waals surface area contributed by atoms with Gasteiger partial charge in [0.05, 0.1) is 29.5 Å². The number of likely N-dealkylation sites (tertiary alicyclic amines) is 2. The third-order valence-corrected chi connectivity index (χ3v) is 8.23. The van der Waals surface area contributed by atoms with Gasteiger partial charge in [-0.1, -0.05) is 39.8 Å². The van der Waals surface area contributed by atoms with Gasteiger partial charge in [-0.3, -0.25) is 14.3 Å². The molecule has 3 atom stereocenters. The topological polar surface area (TPSA) is 109 Å². The molecule has 2 fully saturated rings. The number of carbonyl (C=O) groups is 2. The van der Waals surface area contributed by atoms with Gasteiger partial charge in [-0.15, -0.1) is 0 Å². The molecule has 0 bridgehead atoms. The van der Waals surface area contributed by atoms with E-state index in [0.717, 1.165) is 54.4 Å². The SMILES string of the molecule is CCc1cc(NC(=O)C(=O)N2C[C@@H](C)CC[C@@H]2c2ccc3cn(C4CN(C)CC(C)(C)C4)nc3c2)cnc1N. The number of amides is 2. The number of benzene rings is 1. The van der Waals surface area contributed by atoms with Gasteiger partial charge in [0.2, 0.25) is 0 Å². The average Bonchev–Trinajstić information content (AvgIpc) is 3.32. The van der Waals surface area contributed by atoms with Crippen LogP contribution in [0.15, 0.2) is 36.7 Å². The Kier molecular flexibility index (Phi) is 7.37. The van der Waals surface area contributed by atoms with Gasteiger partial charge in [0.15, 0.2) is 0 Å². The molecule has 1 aromatic carbocycles. The highest BCUT2D eigenvalue weighted by atomic mass is 16.2. The van der Waals surface area contributed by atoms with Crippen LogP contribution in [0.3, 0.4) is 0 Å². The van der Waals surface area contributed by atoms with Crippen molar-refractivity contribution in [1.29, 1.82) is 0 Å². The van der Waals surface area contributed by atoms with Crippen molar-refractivity contribution in [2.75, 3.05) is 37.7 Å². The number of carbonyl (C=O) groups excluding carboxylic acids is 2. The van der Waals surface area contributed by atoms with E-state index < -0.39 is 11.8 Å². The van der Waals surface area contributed by atoms with Crippen molar-refractivity contribution in [3.05, 3.63) is 47.8 Å². The zero-order valence-corrected chi connectivity index (χ0v) is 23.8. The Balaban J connectivity index is 1.37. The zero-order chi connectivity index (χ0) is 27.9. The molecule has 208 valence electrons. The summed E-state index contributed by atoms with van der Waals surface area (Å²) in [6, 6.07) is 8.20. The summed E-state index contributed by atoms with van der Waals surface area (Å²) in [5.41, 5.74) is 9.39. The van der Waals surface area contributed by atoms with E-state index >= 15 is 0 Å². The van der Waals surface area contributed by atoms with Gasteiger partial charge in [-0.25, -0.2) is 4.98 Å². The minimum atomic E-state index is -0.655. The van der Waals surface area contributed by atoms with Gasteiger partial charge in [0.1, 0.15) is 5.82 Å². The van der Waals surface area contributed by atoms with Gasteiger partial charge in [-0.05, 0) is 67.3 Å². The number of rotatable bonds is 4. The maximum absolute atomic E-state index is 13.5. The molecule has 0 aliphatic carbocycles. The number of nitrogens with zero attached hydrogens (tertiary/aromatic N) is 5. The van der Waals surface area contributed by atoms with Crippen LogP contribution in [0.5, 0.6) is 0 Å². The van der Waals surface area contributed by atoms with Crippen LogP contribution in [0.4, 0.5) is 11.5 Å². The summed E-state index contributed by atoms with van der Waals surface area (Å²) < 4.78 is 2.12. The lowest BCUT2D eigenvalue weighted by Crippen LogP contribution is -2.46. The van der Waals surface area contributed by atoms with E-state index in [9.17, 15) is 9.59 Å². The minimum Gasteiger partial charge on any atom is -0.383 e. The lowest BCUT2D eigenvalue weighted by atomic mass is 9.82. The molecule has 4 heterocycles. The molecule has 2 aliphatic rings. The van der Waals surface area contributed by atoms with E-state index in [4.69, 9.17) is 10.8 Å². The molecule has 3 aromatic rings. The van der Waals surface area contributed by atoms with E-state index in [1.54, 1.807) is 11.0 Å². The number of likely N-dealkylation sites (N-methyl/N-ethyl adjacent to an activating group) is 1. The van der Waals surface area contributed by atoms with E-state index in [2.05, 4.69) is 72.1 Å². The summed E-state index contributed by atoms with van der Waals surface area (Å²) in [6.45, 7) is 11.3. The second-order valence-corrected chi connectivity index (χ2v) is 12.4. The van der Waals surface area contributed by atoms with Gasteiger partial charge in [-0.2, -0.15) is 5.10 Å². The number of anilines is 2. The number of piperidine rings is 2. The third kappa shape index (κ3) is 5.78. The summed E-state index contributed by atoms with van der Waals surface area (Å²) in [5.74, 6) is -0.432. The number of fused-ring (bicyclic) bond motifs is 1. The first-order chi connectivity index (χ1) is 18.5. The Bertz CT molecular complexity index is 1380. The van der Waals surface area contributed by atoms with Gasteiger partial charge >= 0.3 is 11.8 Å². The number of aromatic nitrogens is 3. The molecule has 39 heavy (non-hydrogen) atoms. The normalized spacial score (nSPS) is 23.6. The second kappa shape index (κ2) is 10.6. The van der Waals surface area contributed by atoms with Crippen LogP contribution in [0.1, 0.15) is 70.2 Å². The van der Waals surface area contributed by atoms with Gasteiger partial charge < -0.3 is 20.9 Å². The molecule has 2 aliphatic heterocycles. The highest BCUT2D eigenvalue weighted by Crippen LogP contribution is 2.37. The summed E-state index contributed by atoms with van der Waals surface area (Å²) in [4.78, 5) is 34.8. The highest BCUT2D eigenvalue weighted by molar-refractivity contribution is 6.39. The monoisotopic (exact) mass is 531 g/mol. The molecular formula is C30H41N7O2. The van der Waals surface area contributed by atoms with Gasteiger partial charge in [0.25, 0.3) is 0 Å². The summed E-state index contributed by atoms with van der Waals surface area (Å²) in [7, 11) is 2.17. The Labute approximate surface area is 230 Å². The largest absolute Gasteiger partial charge is 0.383 e. The summed E-state index contributed by atoms with van der Waals surface area (Å²) in [5, 5.41) is 8.81. The van der Waals surface area contributed by atoms with Crippen molar-refractivity contribution in [1.82, 2.24) is 24.6 Å². The maximum Gasteiger partial charge on any atom is 0.313 e. The fourth-order valence-electron chi connectivity index (χ4n) is 6.46. The Hall–Kier alpha value is -3.46. The Morgan fingerprint density at radius 1 is 1.18 bits per heavy atom. The molecule has 0 saturated carbocycles. The lowest BCUT2D eigenvalue weighted by Gasteiger charge is -2.40. The summed E-state index contributed by atoms with van der Waals surface area (Å²) in [6.07, 6.45) is 7.20. The second-order valence-electron chi connectivity index (χ2n) is 12.4. The highest BCUT2D eigenvalue weighted by Gasteiger charge is 2.35. The van der Waals surface area contributed by atoms with E-state index in [1.165, 1.54) is 6.20 Å². The molecule has 1 unspecified atom stereocenters. The van der Waals surface area contributed by atoms with Crippen molar-refractivity contribution in [2.45, 2.75) is 65.5 Å². The van der Waals surface area contributed by atoms with Crippen LogP contribution < -0.4 is 11.1 Å². The molecule has 3 N–H and O–H groups in total. The first-order valence-corrected chi connectivity index (χ1v) is 14.1. The van der Waals surface area contributed by atoms with E-state index in [0.29, 0.717) is 36.4 Å². The standard InChI is InChI=1S/C30H41N7O2/c1-6-20-11-23(14-32-27(20)31)33-28(38)29(39)36-15-19(2)7-10-26(36)21-8-9-22-16-37(34-25(22)12-21)24-13-30(3,4)18-35(5)17-24/h8-9,11-12,14,16,19,24,26H,6-7,10,13,15,17-18H2,1-5H3,(H2,31,32)(H,33,38)/t19-,24?,26+/m0/s1. The van der Waals surface area contributed by atoms with Crippen molar-refractivity contribution in [2.24, 2.45) is 11.3 Å². The fraction of sp³-hybridized carbons (Fsp3) is 0.533. The number of nitrogen functional groups attached to an aromatic ring is 1. The first-order valence-electron chi connectivity index (χ1n) is 14.1. The molecule has 5 rings (SSSR count). The molecule has 2 saturated heterocycles. The average molecular weight is 532 g/mol. The Morgan fingerprint density at radius 3 is 2.72 bits per heavy atom. The lowest BCUT2D eigenvalue weighted by molar-refractivity contribution is -0.146. The van der Waals surface area contributed by atoms with E-state index in [-0.39, 0.29) is 11.5 Å². The predicted molar refractivity (Wildman–Crippen MR) is 154 cm³/mol. The summed E-state index contributed by atoms with van der Waals surface area (Å²) >= 11 is 0. The van der Waals surface area contributed by atoms with Crippen molar-refractivity contribution >= 4 is 34.2 Å². The molecule has 2 amide bonds. The molecule has 9 nitrogen and oxygen atoms in total. The number of hydrogen-bond donors (Lipinski definition) is 2. The minimum absolute atomic E-state index is 0.176. The van der Waals surface area contributed by atoms with Crippen molar-refractivity contribution in [3.63, 3.8) is 0 Å². The third-order valence-electron chi connectivity index (χ3n) is 8.23. The van der Waals surface area contributed by atoms with Crippen LogP contribution >= 0.6 is 0 Å². The zero-order valence-electron chi connectivity index (χ0n) is 23.8. The van der Waals surface area contributed by atoms with Crippen LogP contribution in [-0.4, -0.2) is 63.1 Å². The number of nitrogens with one attached hydrogen (secondary N) is 1. The maximum atomic E-state index is 13.5. The van der Waals surface area contributed by atoms with Crippen LogP contribution in [0, 0.1) is 11.3 Å².